The molecule has 0 bridgehead atoms. The molecule has 2 aromatic carbocycles. The highest BCUT2D eigenvalue weighted by atomic mass is 16.5. The normalized spacial score (nSPS) is 10.8. The van der Waals surface area contributed by atoms with Crippen molar-refractivity contribution < 1.29 is 24.1 Å². The highest BCUT2D eigenvalue weighted by molar-refractivity contribution is 6.02. The fraction of sp³-hybridized carbons (Fsp3) is 0.286. The fourth-order valence-corrected chi connectivity index (χ4v) is 3.22. The third-order valence-corrected chi connectivity index (χ3v) is 4.34. The van der Waals surface area contributed by atoms with Crippen LogP contribution >= 0.6 is 0 Å². The van der Waals surface area contributed by atoms with E-state index < -0.39 is 5.97 Å². The van der Waals surface area contributed by atoms with Crippen molar-refractivity contribution in [2.45, 2.75) is 20.8 Å². The minimum atomic E-state index is -1.13. The van der Waals surface area contributed by atoms with E-state index in [0.29, 0.717) is 53.3 Å². The lowest BCUT2D eigenvalue weighted by molar-refractivity contribution is 0.0696. The number of hydrogen-bond donors (Lipinski definition) is 3. The highest BCUT2D eigenvalue weighted by Gasteiger charge is 2.26. The summed E-state index contributed by atoms with van der Waals surface area (Å²) in [6, 6.07) is 6.60. The van der Waals surface area contributed by atoms with Gasteiger partial charge in [-0.15, -0.1) is 0 Å². The van der Waals surface area contributed by atoms with Crippen LogP contribution in [0.4, 0.5) is 11.8 Å². The SMILES string of the molecule is CCOc1cc(C(=O)O)c(-c2ccc3nc(N)nc(N)c3c2)c(OCC)c1OCC. The standard InChI is InChI=1S/C21H24N4O5/c1-4-28-15-10-13(20(26)27)16(18(30-6-3)17(15)29-5-2)11-7-8-14-12(9-11)19(22)25-21(23)24-14/h7-10H,4-6H2,1-3H3,(H,26,27)(H4,22,23,24,25). The van der Waals surface area contributed by atoms with Crippen LogP contribution in [0.5, 0.6) is 17.2 Å². The Bertz CT molecular complexity index is 1100. The van der Waals surface area contributed by atoms with Crippen molar-refractivity contribution in [1.82, 2.24) is 9.97 Å². The number of carboxylic acid groups (broad SMARTS) is 1. The van der Waals surface area contributed by atoms with Crippen LogP contribution in [0.1, 0.15) is 31.1 Å². The molecule has 5 N–H and O–H groups in total. The summed E-state index contributed by atoms with van der Waals surface area (Å²) >= 11 is 0. The third kappa shape index (κ3) is 3.86. The van der Waals surface area contributed by atoms with Gasteiger partial charge < -0.3 is 30.8 Å². The van der Waals surface area contributed by atoms with Gasteiger partial charge in [-0.2, -0.15) is 4.98 Å². The third-order valence-electron chi connectivity index (χ3n) is 4.34. The lowest BCUT2D eigenvalue weighted by Gasteiger charge is -2.21. The second-order valence-electron chi connectivity index (χ2n) is 6.26. The van der Waals surface area contributed by atoms with Gasteiger partial charge in [0.05, 0.1) is 30.9 Å². The zero-order valence-corrected chi connectivity index (χ0v) is 17.1. The molecule has 1 heterocycles. The first-order chi connectivity index (χ1) is 14.4. The Morgan fingerprint density at radius 1 is 0.967 bits per heavy atom. The number of aromatic carboxylic acids is 1. The summed E-state index contributed by atoms with van der Waals surface area (Å²) in [5, 5.41) is 10.5. The van der Waals surface area contributed by atoms with E-state index in [0.717, 1.165) is 0 Å². The molecule has 0 atom stereocenters. The van der Waals surface area contributed by atoms with E-state index in [-0.39, 0.29) is 23.1 Å². The minimum Gasteiger partial charge on any atom is -0.490 e. The van der Waals surface area contributed by atoms with E-state index in [1.807, 2.05) is 20.8 Å². The van der Waals surface area contributed by atoms with Crippen molar-refractivity contribution in [3.63, 3.8) is 0 Å². The predicted octanol–water partition coefficient (Wildman–Crippen LogP) is 3.36. The van der Waals surface area contributed by atoms with Gasteiger partial charge in [0.2, 0.25) is 11.7 Å². The van der Waals surface area contributed by atoms with Crippen LogP contribution in [0.3, 0.4) is 0 Å². The number of hydrogen-bond acceptors (Lipinski definition) is 8. The highest BCUT2D eigenvalue weighted by Crippen LogP contribution is 2.48. The van der Waals surface area contributed by atoms with E-state index in [1.165, 1.54) is 6.07 Å². The van der Waals surface area contributed by atoms with Crippen LogP contribution < -0.4 is 25.7 Å². The molecule has 9 nitrogen and oxygen atoms in total. The topological polar surface area (TPSA) is 143 Å². The van der Waals surface area contributed by atoms with Crippen molar-refractivity contribution in [2.75, 3.05) is 31.3 Å². The number of benzene rings is 2. The molecule has 0 fully saturated rings. The average molecular weight is 412 g/mol. The molecule has 3 rings (SSSR count). The Morgan fingerprint density at radius 2 is 1.63 bits per heavy atom. The van der Waals surface area contributed by atoms with Gasteiger partial charge in [0.15, 0.2) is 11.5 Å². The number of anilines is 2. The number of fused-ring (bicyclic) bond motifs is 1. The number of nitrogens with two attached hydrogens (primary N) is 2. The van der Waals surface area contributed by atoms with Crippen molar-refractivity contribution in [1.29, 1.82) is 0 Å². The number of carbonyl (C=O) groups is 1. The van der Waals surface area contributed by atoms with Crippen molar-refractivity contribution in [2.24, 2.45) is 0 Å². The van der Waals surface area contributed by atoms with Crippen LogP contribution in [-0.4, -0.2) is 40.9 Å². The van der Waals surface area contributed by atoms with Crippen LogP contribution in [0.2, 0.25) is 0 Å². The first-order valence-corrected chi connectivity index (χ1v) is 9.56. The smallest absolute Gasteiger partial charge is 0.336 e. The van der Waals surface area contributed by atoms with E-state index in [4.69, 9.17) is 25.7 Å². The maximum atomic E-state index is 12.1. The lowest BCUT2D eigenvalue weighted by Crippen LogP contribution is -2.09. The maximum absolute atomic E-state index is 12.1. The zero-order valence-electron chi connectivity index (χ0n) is 17.1. The van der Waals surface area contributed by atoms with Gasteiger partial charge in [0.25, 0.3) is 0 Å². The van der Waals surface area contributed by atoms with E-state index in [1.54, 1.807) is 18.2 Å². The second kappa shape index (κ2) is 8.73. The molecule has 0 radical (unpaired) electrons. The molecule has 0 spiro atoms. The molecule has 0 saturated heterocycles. The number of carboxylic acids is 1. The molecular weight excluding hydrogens is 388 g/mol. The molecule has 30 heavy (non-hydrogen) atoms. The Morgan fingerprint density at radius 3 is 2.27 bits per heavy atom. The van der Waals surface area contributed by atoms with Crippen LogP contribution in [0.15, 0.2) is 24.3 Å². The molecule has 0 saturated carbocycles. The van der Waals surface area contributed by atoms with Crippen molar-refractivity contribution in [3.05, 3.63) is 29.8 Å². The number of aromatic nitrogens is 2. The van der Waals surface area contributed by atoms with Gasteiger partial charge in [-0.25, -0.2) is 9.78 Å². The van der Waals surface area contributed by atoms with Gasteiger partial charge in [0.1, 0.15) is 5.82 Å². The average Bonchev–Trinajstić information content (AvgIpc) is 2.70. The summed E-state index contributed by atoms with van der Waals surface area (Å²) in [7, 11) is 0. The molecule has 0 unspecified atom stereocenters. The predicted molar refractivity (Wildman–Crippen MR) is 114 cm³/mol. The Hall–Kier alpha value is -3.75. The van der Waals surface area contributed by atoms with Gasteiger partial charge in [0, 0.05) is 10.9 Å². The summed E-state index contributed by atoms with van der Waals surface area (Å²) in [6.45, 7) is 6.44. The summed E-state index contributed by atoms with van der Waals surface area (Å²) in [4.78, 5) is 20.3. The molecule has 9 heteroatoms. The number of nitrogens with zero attached hydrogens (tertiary/aromatic N) is 2. The molecular formula is C21H24N4O5. The molecule has 0 aliphatic carbocycles. The van der Waals surface area contributed by atoms with E-state index >= 15 is 0 Å². The molecule has 0 amide bonds. The fourth-order valence-electron chi connectivity index (χ4n) is 3.22. The second-order valence-corrected chi connectivity index (χ2v) is 6.26. The molecule has 1 aromatic heterocycles. The van der Waals surface area contributed by atoms with Crippen LogP contribution in [0, 0.1) is 0 Å². The lowest BCUT2D eigenvalue weighted by atomic mass is 9.96. The summed E-state index contributed by atoms with van der Waals surface area (Å²) in [6.07, 6.45) is 0. The summed E-state index contributed by atoms with van der Waals surface area (Å²) < 4.78 is 17.3. The van der Waals surface area contributed by atoms with E-state index in [9.17, 15) is 9.90 Å². The van der Waals surface area contributed by atoms with Gasteiger partial charge in [-0.3, -0.25) is 0 Å². The molecule has 3 aromatic rings. The molecule has 0 aliphatic heterocycles. The Balaban J connectivity index is 2.37. The zero-order chi connectivity index (χ0) is 21.8. The number of ether oxygens (including phenoxy) is 3. The van der Waals surface area contributed by atoms with Crippen LogP contribution in [0.25, 0.3) is 22.0 Å². The van der Waals surface area contributed by atoms with Gasteiger partial charge in [-0.1, -0.05) is 6.07 Å². The van der Waals surface area contributed by atoms with Crippen LogP contribution in [-0.2, 0) is 0 Å². The monoisotopic (exact) mass is 412 g/mol. The molecule has 158 valence electrons. The number of rotatable bonds is 8. The largest absolute Gasteiger partial charge is 0.490 e. The number of nitrogen functional groups attached to an aromatic ring is 2. The summed E-state index contributed by atoms with van der Waals surface area (Å²) in [5.74, 6) is 0.0792. The first kappa shape index (κ1) is 21.0. The molecule has 0 aliphatic rings. The van der Waals surface area contributed by atoms with Crippen molar-refractivity contribution in [3.8, 4) is 28.4 Å². The van der Waals surface area contributed by atoms with Gasteiger partial charge >= 0.3 is 5.97 Å². The maximum Gasteiger partial charge on any atom is 0.336 e. The summed E-state index contributed by atoms with van der Waals surface area (Å²) in [5.41, 5.74) is 13.2. The van der Waals surface area contributed by atoms with Crippen molar-refractivity contribution >= 4 is 28.6 Å². The Labute approximate surface area is 173 Å². The minimum absolute atomic E-state index is 0.0136. The Kier molecular flexibility index (Phi) is 6.10. The first-order valence-electron chi connectivity index (χ1n) is 9.56. The van der Waals surface area contributed by atoms with E-state index in [2.05, 4.69) is 9.97 Å². The van der Waals surface area contributed by atoms with Gasteiger partial charge in [-0.05, 0) is 44.5 Å². The quantitative estimate of drug-likeness (QED) is 0.507.